The first kappa shape index (κ1) is 38.0. The fraction of sp³-hybridized carbons (Fsp3) is 0.875. The first-order valence-corrected chi connectivity index (χ1v) is 16.7. The summed E-state index contributed by atoms with van der Waals surface area (Å²) >= 11 is 1.13. The van der Waals surface area contributed by atoms with Gasteiger partial charge in [-0.3, -0.25) is 9.59 Å². The zero-order valence-electron chi connectivity index (χ0n) is 25.3. The quantitative estimate of drug-likeness (QED) is 0.0646. The zero-order valence-corrected chi connectivity index (χ0v) is 26.2. The molecule has 0 spiro atoms. The van der Waals surface area contributed by atoms with E-state index in [0.29, 0.717) is 12.5 Å². The van der Waals surface area contributed by atoms with Gasteiger partial charge in [0, 0.05) is 6.61 Å². The van der Waals surface area contributed by atoms with Gasteiger partial charge < -0.3 is 20.1 Å². The minimum atomic E-state index is -0.896. The number of hydrogen-bond donors (Lipinski definition) is 3. The molecule has 0 aromatic carbocycles. The van der Waals surface area contributed by atoms with Crippen LogP contribution >= 0.6 is 11.8 Å². The normalized spacial score (nSPS) is 16.5. The van der Waals surface area contributed by atoms with Crippen molar-refractivity contribution in [1.82, 2.24) is 0 Å². The van der Waals surface area contributed by atoms with Crippen LogP contribution in [0, 0.1) is 5.92 Å². The smallest absolute Gasteiger partial charge is 0.318 e. The largest absolute Gasteiger partial charge is 0.480 e. The van der Waals surface area contributed by atoms with E-state index in [1.165, 1.54) is 89.9 Å². The van der Waals surface area contributed by atoms with Gasteiger partial charge in [-0.05, 0) is 51.0 Å². The monoisotopic (exact) mass is 572 g/mol. The fourth-order valence-electron chi connectivity index (χ4n) is 4.61. The Morgan fingerprint density at radius 2 is 1.33 bits per heavy atom. The maximum atomic E-state index is 11.8. The van der Waals surface area contributed by atoms with Crippen LogP contribution in [0.5, 0.6) is 0 Å². The molecule has 7 heteroatoms. The van der Waals surface area contributed by atoms with Crippen molar-refractivity contribution in [2.45, 2.75) is 153 Å². The van der Waals surface area contributed by atoms with E-state index in [9.17, 15) is 9.59 Å². The molecule has 3 N–H and O–H groups in total. The Hall–Kier alpha value is -1.05. The lowest BCUT2D eigenvalue weighted by Gasteiger charge is -2.18. The summed E-state index contributed by atoms with van der Waals surface area (Å²) in [5.74, 6) is -0.758. The molecule has 0 fully saturated rings. The van der Waals surface area contributed by atoms with Gasteiger partial charge in [0.05, 0.1) is 13.2 Å². The van der Waals surface area contributed by atoms with Crippen LogP contribution in [0.1, 0.15) is 143 Å². The number of thioether (sulfide) groups is 1. The second-order valence-electron chi connectivity index (χ2n) is 11.1. The summed E-state index contributed by atoms with van der Waals surface area (Å²) in [4.78, 5) is 22.6. The van der Waals surface area contributed by atoms with Gasteiger partial charge >= 0.3 is 11.9 Å². The molecule has 3 unspecified atom stereocenters. The fourth-order valence-corrected chi connectivity index (χ4v) is 5.52. The van der Waals surface area contributed by atoms with E-state index in [0.717, 1.165) is 49.4 Å². The average molecular weight is 573 g/mol. The number of rotatable bonds is 23. The molecule has 0 saturated carbocycles. The summed E-state index contributed by atoms with van der Waals surface area (Å²) in [7, 11) is 0. The van der Waals surface area contributed by atoms with Gasteiger partial charge in [-0.2, -0.15) is 0 Å². The molecule has 1 aliphatic rings. The number of aliphatic carboxylic acids is 1. The summed E-state index contributed by atoms with van der Waals surface area (Å²) in [5.41, 5.74) is 1.13. The van der Waals surface area contributed by atoms with Crippen LogP contribution in [0.25, 0.3) is 0 Å². The molecule has 3 atom stereocenters. The van der Waals surface area contributed by atoms with Crippen LogP contribution in [0.2, 0.25) is 0 Å². The number of esters is 1. The van der Waals surface area contributed by atoms with E-state index in [-0.39, 0.29) is 19.2 Å². The highest BCUT2D eigenvalue weighted by Crippen LogP contribution is 2.22. The number of allylic oxidation sites excluding steroid dienone is 1. The molecular weight excluding hydrogens is 512 g/mol. The molecule has 0 heterocycles. The second-order valence-corrected chi connectivity index (χ2v) is 12.8. The Morgan fingerprint density at radius 3 is 1.72 bits per heavy atom. The highest BCUT2D eigenvalue weighted by atomic mass is 32.2. The van der Waals surface area contributed by atoms with Crippen LogP contribution in [-0.4, -0.2) is 57.6 Å². The number of carbonyl (C=O) groups is 2. The zero-order chi connectivity index (χ0) is 29.1. The summed E-state index contributed by atoms with van der Waals surface area (Å²) < 4.78 is 5.25. The van der Waals surface area contributed by atoms with Crippen molar-refractivity contribution in [3.63, 3.8) is 0 Å². The Bertz CT molecular complexity index is 624. The third kappa shape index (κ3) is 23.4. The third-order valence-corrected chi connectivity index (χ3v) is 8.62. The molecule has 0 aromatic rings. The van der Waals surface area contributed by atoms with Crippen LogP contribution in [0.3, 0.4) is 0 Å². The van der Waals surface area contributed by atoms with Crippen LogP contribution in [-0.2, 0) is 14.3 Å². The molecule has 0 aliphatic heterocycles. The van der Waals surface area contributed by atoms with Crippen LogP contribution < -0.4 is 0 Å². The minimum Gasteiger partial charge on any atom is -0.480 e. The van der Waals surface area contributed by atoms with Crippen molar-refractivity contribution in [3.05, 3.63) is 11.6 Å². The predicted octanol–water partition coefficient (Wildman–Crippen LogP) is 8.08. The average Bonchev–Trinajstić information content (AvgIpc) is 2.94. The van der Waals surface area contributed by atoms with Gasteiger partial charge in [0.15, 0.2) is 0 Å². The Morgan fingerprint density at radius 1 is 0.846 bits per heavy atom. The number of aliphatic hydroxyl groups excluding tert-OH is 2. The number of hydrogen-bond acceptors (Lipinski definition) is 6. The predicted molar refractivity (Wildman–Crippen MR) is 164 cm³/mol. The highest BCUT2D eigenvalue weighted by Gasteiger charge is 2.21. The number of carboxylic acid groups (broad SMARTS) is 1. The lowest BCUT2D eigenvalue weighted by Crippen LogP contribution is -2.23. The van der Waals surface area contributed by atoms with E-state index >= 15 is 0 Å². The summed E-state index contributed by atoms with van der Waals surface area (Å²) in [6, 6.07) is 0. The molecule has 230 valence electrons. The van der Waals surface area contributed by atoms with Crippen molar-refractivity contribution in [2.75, 3.05) is 19.8 Å². The standard InChI is InChI=1S/C24H46O4S.C8H14O2/c1-4-5-6-7-8-9-10-11-12-13-14-15-16-17-18-19-20-28-24(27)22(3)29-21(2)23(25)26;9-5-7-1-2-8(6-10)4-3-7/h21-22H,4-20H2,1-3H3,(H,25,26);1,8-10H,2-6H2. The summed E-state index contributed by atoms with van der Waals surface area (Å²) in [6.07, 6.45) is 26.1. The van der Waals surface area contributed by atoms with E-state index in [2.05, 4.69) is 6.92 Å². The minimum absolute atomic E-state index is 0.193. The van der Waals surface area contributed by atoms with E-state index < -0.39 is 16.5 Å². The number of carboxylic acids is 1. The lowest BCUT2D eigenvalue weighted by molar-refractivity contribution is -0.142. The van der Waals surface area contributed by atoms with Crippen LogP contribution in [0.15, 0.2) is 11.6 Å². The van der Waals surface area contributed by atoms with E-state index in [4.69, 9.17) is 20.1 Å². The number of carbonyl (C=O) groups excluding carboxylic acids is 1. The Kier molecular flexibility index (Phi) is 26.4. The molecule has 6 nitrogen and oxygen atoms in total. The summed E-state index contributed by atoms with van der Waals surface area (Å²) in [5, 5.41) is 25.3. The molecule has 1 aliphatic carbocycles. The number of aliphatic hydroxyl groups is 2. The van der Waals surface area contributed by atoms with Gasteiger partial charge in [-0.1, -0.05) is 109 Å². The van der Waals surface area contributed by atoms with Gasteiger partial charge in [-0.15, -0.1) is 11.8 Å². The SMILES string of the molecule is CCCCCCCCCCCCCCCCCCOC(=O)C(C)SC(C)C(=O)O.OCC1=CCC(CO)CC1. The molecule has 0 saturated heterocycles. The Balaban J connectivity index is 0.00000120. The lowest BCUT2D eigenvalue weighted by atomic mass is 9.91. The Labute approximate surface area is 243 Å². The van der Waals surface area contributed by atoms with Gasteiger partial charge in [-0.25, -0.2) is 0 Å². The van der Waals surface area contributed by atoms with Gasteiger partial charge in [0.25, 0.3) is 0 Å². The van der Waals surface area contributed by atoms with Gasteiger partial charge in [0.2, 0.25) is 0 Å². The first-order chi connectivity index (χ1) is 18.8. The number of unbranched alkanes of at least 4 members (excludes halogenated alkanes) is 15. The molecule has 0 radical (unpaired) electrons. The first-order valence-electron chi connectivity index (χ1n) is 15.8. The molecule has 0 aromatic heterocycles. The van der Waals surface area contributed by atoms with E-state index in [1.54, 1.807) is 13.8 Å². The third-order valence-electron chi connectivity index (χ3n) is 7.41. The van der Waals surface area contributed by atoms with Crippen molar-refractivity contribution in [2.24, 2.45) is 5.92 Å². The van der Waals surface area contributed by atoms with Crippen LogP contribution in [0.4, 0.5) is 0 Å². The molecule has 0 bridgehead atoms. The number of ether oxygens (including phenoxy) is 1. The van der Waals surface area contributed by atoms with E-state index in [1.807, 2.05) is 6.08 Å². The topological polar surface area (TPSA) is 104 Å². The summed E-state index contributed by atoms with van der Waals surface area (Å²) in [6.45, 7) is 6.50. The van der Waals surface area contributed by atoms with Crippen molar-refractivity contribution < 1.29 is 29.6 Å². The van der Waals surface area contributed by atoms with Gasteiger partial charge in [0.1, 0.15) is 10.5 Å². The molecule has 0 amide bonds. The maximum absolute atomic E-state index is 11.8. The maximum Gasteiger partial charge on any atom is 0.318 e. The second kappa shape index (κ2) is 27.1. The molecule has 1 rings (SSSR count). The van der Waals surface area contributed by atoms with Crippen molar-refractivity contribution in [3.8, 4) is 0 Å². The highest BCUT2D eigenvalue weighted by molar-refractivity contribution is 8.01. The molecule has 39 heavy (non-hydrogen) atoms. The van der Waals surface area contributed by atoms with Crippen molar-refractivity contribution >= 4 is 23.7 Å². The molecular formula is C32H60O6S. The van der Waals surface area contributed by atoms with Crippen molar-refractivity contribution in [1.29, 1.82) is 0 Å².